The standard InChI is InChI=1S/C24H35N6O2P/c1-5-6-7-8-9-26-21-19-22(29-24(25)28-21)30(14-27-19)10-11-32-23(33)20(31)18-16(3)12-15(2)13-17(18)4/h12-14,23H,5-11,33H2,1-4H3,(H3,25,26,28,29). The number of carbonyl (C=O) groups excluding carboxylic acids is 1. The van der Waals surface area contributed by atoms with Crippen LogP contribution in [0.3, 0.4) is 0 Å². The van der Waals surface area contributed by atoms with Crippen molar-refractivity contribution in [3.05, 3.63) is 40.7 Å². The number of hydrogen-bond donors (Lipinski definition) is 2. The fraction of sp³-hybridized carbons (Fsp3) is 0.500. The molecule has 0 radical (unpaired) electrons. The first-order valence-corrected chi connectivity index (χ1v) is 12.2. The number of carbonyl (C=O) groups is 1. The molecule has 0 saturated carbocycles. The summed E-state index contributed by atoms with van der Waals surface area (Å²) in [6.07, 6.45) is 6.37. The molecular formula is C24H35N6O2P. The molecule has 0 fully saturated rings. The lowest BCUT2D eigenvalue weighted by Gasteiger charge is -2.16. The summed E-state index contributed by atoms with van der Waals surface area (Å²) in [6, 6.07) is 4.05. The van der Waals surface area contributed by atoms with Gasteiger partial charge < -0.3 is 20.4 Å². The maximum atomic E-state index is 12.9. The second kappa shape index (κ2) is 11.5. The van der Waals surface area contributed by atoms with E-state index in [0.717, 1.165) is 35.2 Å². The van der Waals surface area contributed by atoms with Crippen LogP contribution in [0.2, 0.25) is 0 Å². The van der Waals surface area contributed by atoms with E-state index in [-0.39, 0.29) is 11.7 Å². The Hall–Kier alpha value is -2.57. The molecule has 3 N–H and O–H groups in total. The summed E-state index contributed by atoms with van der Waals surface area (Å²) in [5, 5.41) is 3.34. The van der Waals surface area contributed by atoms with Crippen LogP contribution in [0.5, 0.6) is 0 Å². The summed E-state index contributed by atoms with van der Waals surface area (Å²) < 4.78 is 7.73. The number of imidazole rings is 1. The van der Waals surface area contributed by atoms with Gasteiger partial charge in [0.15, 0.2) is 22.8 Å². The number of ether oxygens (including phenoxy) is 1. The lowest BCUT2D eigenvalue weighted by molar-refractivity contribution is 0.0656. The first-order chi connectivity index (χ1) is 15.8. The molecule has 9 heteroatoms. The largest absolute Gasteiger partial charge is 0.368 e. The predicted octanol–water partition coefficient (Wildman–Crippen LogP) is 4.43. The number of ketones is 1. The number of Topliss-reactive ketones (excluding diaryl/α,β-unsaturated/α-hetero) is 1. The Bertz CT molecular complexity index is 1090. The minimum Gasteiger partial charge on any atom is -0.368 e. The molecule has 0 aliphatic heterocycles. The number of nitrogens with two attached hydrogens (primary N) is 1. The van der Waals surface area contributed by atoms with E-state index in [1.807, 2.05) is 37.5 Å². The van der Waals surface area contributed by atoms with Crippen molar-refractivity contribution in [3.8, 4) is 0 Å². The van der Waals surface area contributed by atoms with Crippen molar-refractivity contribution in [3.63, 3.8) is 0 Å². The second-order valence-electron chi connectivity index (χ2n) is 8.46. The van der Waals surface area contributed by atoms with E-state index in [2.05, 4.69) is 36.4 Å². The van der Waals surface area contributed by atoms with Gasteiger partial charge in [-0.2, -0.15) is 9.97 Å². The molecule has 178 valence electrons. The number of anilines is 2. The van der Waals surface area contributed by atoms with Crippen molar-refractivity contribution in [2.75, 3.05) is 24.2 Å². The number of hydrogen-bond acceptors (Lipinski definition) is 7. The fourth-order valence-corrected chi connectivity index (χ4v) is 4.37. The third-order valence-electron chi connectivity index (χ3n) is 5.62. The van der Waals surface area contributed by atoms with Crippen LogP contribution in [-0.4, -0.2) is 44.3 Å². The zero-order valence-electron chi connectivity index (χ0n) is 20.0. The molecule has 2 aromatic heterocycles. The molecule has 1 aromatic carbocycles. The summed E-state index contributed by atoms with van der Waals surface area (Å²) in [6.45, 7) is 9.78. The van der Waals surface area contributed by atoms with Crippen molar-refractivity contribution in [2.45, 2.75) is 65.8 Å². The molecule has 33 heavy (non-hydrogen) atoms. The van der Waals surface area contributed by atoms with Gasteiger partial charge in [-0.15, -0.1) is 0 Å². The summed E-state index contributed by atoms with van der Waals surface area (Å²) in [4.78, 5) is 26.1. The molecule has 2 atom stereocenters. The summed E-state index contributed by atoms with van der Waals surface area (Å²) in [5.41, 5.74) is 11.1. The van der Waals surface area contributed by atoms with E-state index in [1.54, 1.807) is 6.33 Å². The maximum absolute atomic E-state index is 12.9. The smallest absolute Gasteiger partial charge is 0.224 e. The molecule has 8 nitrogen and oxygen atoms in total. The van der Waals surface area contributed by atoms with Crippen LogP contribution in [0.15, 0.2) is 18.5 Å². The van der Waals surface area contributed by atoms with Gasteiger partial charge in [-0.3, -0.25) is 4.79 Å². The highest BCUT2D eigenvalue weighted by molar-refractivity contribution is 7.19. The molecule has 2 heterocycles. The Morgan fingerprint density at radius 3 is 2.61 bits per heavy atom. The first-order valence-electron chi connectivity index (χ1n) is 11.5. The fourth-order valence-electron chi connectivity index (χ4n) is 4.07. The van der Waals surface area contributed by atoms with Crippen LogP contribution in [0, 0.1) is 20.8 Å². The molecule has 0 bridgehead atoms. The Morgan fingerprint density at radius 1 is 1.18 bits per heavy atom. The minimum atomic E-state index is -0.625. The van der Waals surface area contributed by atoms with Gasteiger partial charge in [0.1, 0.15) is 5.85 Å². The van der Waals surface area contributed by atoms with Crippen molar-refractivity contribution < 1.29 is 9.53 Å². The van der Waals surface area contributed by atoms with Crippen molar-refractivity contribution >= 4 is 38.0 Å². The van der Waals surface area contributed by atoms with Gasteiger partial charge in [-0.25, -0.2) is 4.98 Å². The predicted molar refractivity (Wildman–Crippen MR) is 137 cm³/mol. The SMILES string of the molecule is CCCCCCNc1nc(N)nc2c1ncn2CCOC(P)C(=O)c1c(C)cc(C)cc1C. The Kier molecular flexibility index (Phi) is 8.75. The highest BCUT2D eigenvalue weighted by Gasteiger charge is 2.20. The number of aryl methyl sites for hydroxylation is 3. The lowest BCUT2D eigenvalue weighted by Crippen LogP contribution is -2.22. The lowest BCUT2D eigenvalue weighted by atomic mass is 9.97. The normalized spacial score (nSPS) is 12.3. The number of benzene rings is 1. The van der Waals surface area contributed by atoms with Gasteiger partial charge in [-0.05, 0) is 38.3 Å². The van der Waals surface area contributed by atoms with Crippen LogP contribution >= 0.6 is 9.24 Å². The zero-order valence-corrected chi connectivity index (χ0v) is 21.2. The molecule has 3 rings (SSSR count). The molecule has 3 aromatic rings. The number of rotatable bonds is 12. The zero-order chi connectivity index (χ0) is 24.0. The Morgan fingerprint density at radius 2 is 1.91 bits per heavy atom. The van der Waals surface area contributed by atoms with E-state index in [9.17, 15) is 4.79 Å². The van der Waals surface area contributed by atoms with Gasteiger partial charge in [0.25, 0.3) is 0 Å². The molecule has 0 aliphatic carbocycles. The molecule has 0 spiro atoms. The summed E-state index contributed by atoms with van der Waals surface area (Å²) in [7, 11) is 2.51. The Labute approximate surface area is 197 Å². The van der Waals surface area contributed by atoms with E-state index < -0.39 is 5.85 Å². The number of nitrogens with zero attached hydrogens (tertiary/aromatic N) is 4. The second-order valence-corrected chi connectivity index (χ2v) is 9.06. The minimum absolute atomic E-state index is 0.0355. The van der Waals surface area contributed by atoms with Gasteiger partial charge in [0, 0.05) is 18.7 Å². The Balaban J connectivity index is 1.63. The number of fused-ring (bicyclic) bond motifs is 1. The maximum Gasteiger partial charge on any atom is 0.224 e. The van der Waals surface area contributed by atoms with Gasteiger partial charge in [0.05, 0.1) is 12.9 Å². The average molecular weight is 471 g/mol. The van der Waals surface area contributed by atoms with Crippen LogP contribution in [0.4, 0.5) is 11.8 Å². The third-order valence-corrected chi connectivity index (χ3v) is 6.11. The van der Waals surface area contributed by atoms with Crippen LogP contribution in [0.1, 0.15) is 59.7 Å². The quantitative estimate of drug-likeness (QED) is 0.229. The summed E-state index contributed by atoms with van der Waals surface area (Å²) >= 11 is 0. The van der Waals surface area contributed by atoms with Crippen molar-refractivity contribution in [1.29, 1.82) is 0 Å². The number of aromatic nitrogens is 4. The van der Waals surface area contributed by atoms with Gasteiger partial charge in [-0.1, -0.05) is 53.1 Å². The molecule has 2 unspecified atom stereocenters. The van der Waals surface area contributed by atoms with Gasteiger partial charge >= 0.3 is 0 Å². The van der Waals surface area contributed by atoms with Gasteiger partial charge in [0.2, 0.25) is 5.95 Å². The molecular weight excluding hydrogens is 435 g/mol. The van der Waals surface area contributed by atoms with E-state index >= 15 is 0 Å². The molecule has 0 aliphatic rings. The molecule has 0 amide bonds. The van der Waals surface area contributed by atoms with Crippen LogP contribution in [0.25, 0.3) is 11.2 Å². The van der Waals surface area contributed by atoms with E-state index in [1.165, 1.54) is 19.3 Å². The number of nitrogen functional groups attached to an aromatic ring is 1. The third kappa shape index (κ3) is 6.27. The monoisotopic (exact) mass is 470 g/mol. The number of nitrogens with one attached hydrogen (secondary N) is 1. The van der Waals surface area contributed by atoms with Crippen molar-refractivity contribution in [2.24, 2.45) is 0 Å². The van der Waals surface area contributed by atoms with E-state index in [4.69, 9.17) is 10.5 Å². The summed E-state index contributed by atoms with van der Waals surface area (Å²) in [5.74, 6) is 0.190. The highest BCUT2D eigenvalue weighted by atomic mass is 31.0. The average Bonchev–Trinajstić information content (AvgIpc) is 3.15. The highest BCUT2D eigenvalue weighted by Crippen LogP contribution is 2.22. The number of unbranched alkanes of at least 4 members (excludes halogenated alkanes) is 3. The van der Waals surface area contributed by atoms with Crippen molar-refractivity contribution in [1.82, 2.24) is 19.5 Å². The molecule has 0 saturated heterocycles. The first kappa shape index (κ1) is 25.1. The van der Waals surface area contributed by atoms with Crippen LogP contribution in [-0.2, 0) is 11.3 Å². The topological polar surface area (TPSA) is 108 Å². The van der Waals surface area contributed by atoms with Crippen LogP contribution < -0.4 is 11.1 Å². The van der Waals surface area contributed by atoms with E-state index in [0.29, 0.717) is 30.1 Å².